The Morgan fingerprint density at radius 1 is 1.15 bits per heavy atom. The minimum absolute atomic E-state index is 0.0354. The quantitative estimate of drug-likeness (QED) is 0.825. The Morgan fingerprint density at radius 2 is 1.95 bits per heavy atom. The first-order chi connectivity index (χ1) is 9.65. The summed E-state index contributed by atoms with van der Waals surface area (Å²) in [7, 11) is 0. The number of benzene rings is 2. The fourth-order valence-electron chi connectivity index (χ4n) is 1.95. The molecule has 0 heterocycles. The number of nitrogens with one attached hydrogen (secondary N) is 1. The molecule has 1 amide bonds. The second-order valence-electron chi connectivity index (χ2n) is 4.61. The average Bonchev–Trinajstić information content (AvgIpc) is 2.44. The van der Waals surface area contributed by atoms with Crippen molar-refractivity contribution in [3.63, 3.8) is 0 Å². The second-order valence-corrected chi connectivity index (χ2v) is 5.52. The number of nitrogen functional groups attached to an aromatic ring is 1. The number of halogens is 1. The number of aryl methyl sites for hydroxylation is 1. The molecule has 0 unspecified atom stereocenters. The molecule has 0 aliphatic rings. The van der Waals surface area contributed by atoms with Crippen molar-refractivity contribution in [1.82, 2.24) is 5.32 Å². The van der Waals surface area contributed by atoms with Crippen molar-refractivity contribution in [3.05, 3.63) is 64.1 Å². The number of para-hydroxylation sites is 1. The summed E-state index contributed by atoms with van der Waals surface area (Å²) in [6.07, 6.45) is 1.11. The van der Waals surface area contributed by atoms with E-state index in [9.17, 15) is 4.79 Å². The Bertz CT molecular complexity index is 599. The van der Waals surface area contributed by atoms with Crippen molar-refractivity contribution in [3.8, 4) is 0 Å². The number of carbonyl (C=O) groups is 1. The van der Waals surface area contributed by atoms with Gasteiger partial charge < -0.3 is 11.1 Å². The van der Waals surface area contributed by atoms with Crippen molar-refractivity contribution in [1.29, 1.82) is 0 Å². The Balaban J connectivity index is 1.80. The average molecular weight is 333 g/mol. The van der Waals surface area contributed by atoms with Gasteiger partial charge in [0.15, 0.2) is 0 Å². The molecule has 0 saturated carbocycles. The van der Waals surface area contributed by atoms with E-state index in [1.54, 1.807) is 0 Å². The van der Waals surface area contributed by atoms with E-state index < -0.39 is 0 Å². The Kier molecular flexibility index (Phi) is 5.18. The van der Waals surface area contributed by atoms with Crippen LogP contribution >= 0.6 is 15.9 Å². The highest BCUT2D eigenvalue weighted by molar-refractivity contribution is 9.10. The SMILES string of the molecule is Nc1ccccc1CCC(=O)NCc1cccc(Br)c1. The Hall–Kier alpha value is -1.81. The maximum absolute atomic E-state index is 11.8. The van der Waals surface area contributed by atoms with Crippen molar-refractivity contribution in [2.24, 2.45) is 0 Å². The van der Waals surface area contributed by atoms with Crippen LogP contribution in [0.15, 0.2) is 53.0 Å². The van der Waals surface area contributed by atoms with Crippen LogP contribution in [-0.2, 0) is 17.8 Å². The molecule has 0 atom stereocenters. The van der Waals surface area contributed by atoms with Crippen LogP contribution in [0.1, 0.15) is 17.5 Å². The van der Waals surface area contributed by atoms with Crippen molar-refractivity contribution >= 4 is 27.5 Å². The molecule has 4 heteroatoms. The first-order valence-electron chi connectivity index (χ1n) is 6.49. The molecule has 0 aromatic heterocycles. The minimum atomic E-state index is 0.0354. The summed E-state index contributed by atoms with van der Waals surface area (Å²) in [6.45, 7) is 0.544. The topological polar surface area (TPSA) is 55.1 Å². The third-order valence-electron chi connectivity index (χ3n) is 3.06. The van der Waals surface area contributed by atoms with Gasteiger partial charge in [0.1, 0.15) is 0 Å². The van der Waals surface area contributed by atoms with Crippen LogP contribution in [0.3, 0.4) is 0 Å². The van der Waals surface area contributed by atoms with Gasteiger partial charge in [0, 0.05) is 23.1 Å². The summed E-state index contributed by atoms with van der Waals surface area (Å²) in [4.78, 5) is 11.8. The molecule has 0 aliphatic carbocycles. The van der Waals surface area contributed by atoms with E-state index >= 15 is 0 Å². The lowest BCUT2D eigenvalue weighted by atomic mass is 10.1. The van der Waals surface area contributed by atoms with E-state index in [0.717, 1.165) is 21.3 Å². The number of carbonyl (C=O) groups excluding carboxylic acids is 1. The molecule has 0 radical (unpaired) electrons. The molecule has 0 fully saturated rings. The third kappa shape index (κ3) is 4.38. The van der Waals surface area contributed by atoms with E-state index in [4.69, 9.17) is 5.73 Å². The molecule has 104 valence electrons. The highest BCUT2D eigenvalue weighted by atomic mass is 79.9. The zero-order valence-electron chi connectivity index (χ0n) is 11.1. The number of nitrogens with two attached hydrogens (primary N) is 1. The second kappa shape index (κ2) is 7.10. The largest absolute Gasteiger partial charge is 0.399 e. The van der Waals surface area contributed by atoms with Gasteiger partial charge in [0.05, 0.1) is 0 Å². The van der Waals surface area contributed by atoms with Crippen molar-refractivity contribution < 1.29 is 4.79 Å². The van der Waals surface area contributed by atoms with Gasteiger partial charge in [0.2, 0.25) is 5.91 Å². The fourth-order valence-corrected chi connectivity index (χ4v) is 2.39. The van der Waals surface area contributed by atoms with E-state index in [1.807, 2.05) is 48.5 Å². The first kappa shape index (κ1) is 14.6. The summed E-state index contributed by atoms with van der Waals surface area (Å²) in [6, 6.07) is 15.5. The highest BCUT2D eigenvalue weighted by Crippen LogP contribution is 2.13. The van der Waals surface area contributed by atoms with E-state index in [-0.39, 0.29) is 5.91 Å². The van der Waals surface area contributed by atoms with Crippen LogP contribution in [0.25, 0.3) is 0 Å². The molecule has 20 heavy (non-hydrogen) atoms. The number of hydrogen-bond donors (Lipinski definition) is 2. The predicted molar refractivity (Wildman–Crippen MR) is 85.2 cm³/mol. The molecular weight excluding hydrogens is 316 g/mol. The van der Waals surface area contributed by atoms with Crippen LogP contribution in [0.5, 0.6) is 0 Å². The maximum atomic E-state index is 11.8. The Labute approximate surface area is 127 Å². The molecule has 3 nitrogen and oxygen atoms in total. The Morgan fingerprint density at radius 3 is 2.70 bits per heavy atom. The third-order valence-corrected chi connectivity index (χ3v) is 3.55. The molecule has 3 N–H and O–H groups in total. The first-order valence-corrected chi connectivity index (χ1v) is 7.29. The number of amides is 1. The van der Waals surface area contributed by atoms with Crippen LogP contribution in [-0.4, -0.2) is 5.91 Å². The summed E-state index contributed by atoms with van der Waals surface area (Å²) in [5.74, 6) is 0.0354. The molecule has 2 aromatic carbocycles. The number of anilines is 1. The van der Waals surface area contributed by atoms with Gasteiger partial charge in [-0.05, 0) is 35.7 Å². The highest BCUT2D eigenvalue weighted by Gasteiger charge is 2.04. The van der Waals surface area contributed by atoms with Crippen LogP contribution in [0.4, 0.5) is 5.69 Å². The summed E-state index contributed by atoms with van der Waals surface area (Å²) in [5, 5.41) is 2.92. The van der Waals surface area contributed by atoms with Gasteiger partial charge in [-0.15, -0.1) is 0 Å². The minimum Gasteiger partial charge on any atom is -0.399 e. The summed E-state index contributed by atoms with van der Waals surface area (Å²) >= 11 is 3.41. The maximum Gasteiger partial charge on any atom is 0.220 e. The van der Waals surface area contributed by atoms with E-state index in [0.29, 0.717) is 19.4 Å². The normalized spacial score (nSPS) is 10.2. The lowest BCUT2D eigenvalue weighted by Crippen LogP contribution is -2.23. The van der Waals surface area contributed by atoms with Crippen molar-refractivity contribution in [2.75, 3.05) is 5.73 Å². The molecule has 2 rings (SSSR count). The molecule has 0 bridgehead atoms. The predicted octanol–water partition coefficient (Wildman–Crippen LogP) is 3.28. The van der Waals surface area contributed by atoms with Gasteiger partial charge in [-0.2, -0.15) is 0 Å². The molecule has 2 aromatic rings. The van der Waals surface area contributed by atoms with E-state index in [2.05, 4.69) is 21.2 Å². The molecule has 0 aliphatic heterocycles. The molecule has 0 spiro atoms. The van der Waals surface area contributed by atoms with Crippen molar-refractivity contribution in [2.45, 2.75) is 19.4 Å². The lowest BCUT2D eigenvalue weighted by molar-refractivity contribution is -0.121. The monoisotopic (exact) mass is 332 g/mol. The number of rotatable bonds is 5. The van der Waals surface area contributed by atoms with Crippen LogP contribution < -0.4 is 11.1 Å². The fraction of sp³-hybridized carbons (Fsp3) is 0.188. The van der Waals surface area contributed by atoms with Gasteiger partial charge in [-0.1, -0.05) is 46.3 Å². The summed E-state index contributed by atoms with van der Waals surface area (Å²) < 4.78 is 1.02. The summed E-state index contributed by atoms with van der Waals surface area (Å²) in [5.41, 5.74) is 8.69. The van der Waals surface area contributed by atoms with Gasteiger partial charge in [-0.3, -0.25) is 4.79 Å². The van der Waals surface area contributed by atoms with Crippen LogP contribution in [0, 0.1) is 0 Å². The molecular formula is C16H17BrN2O. The lowest BCUT2D eigenvalue weighted by Gasteiger charge is -2.07. The smallest absolute Gasteiger partial charge is 0.220 e. The van der Waals surface area contributed by atoms with Gasteiger partial charge in [-0.25, -0.2) is 0 Å². The van der Waals surface area contributed by atoms with Gasteiger partial charge >= 0.3 is 0 Å². The zero-order valence-corrected chi connectivity index (χ0v) is 12.7. The van der Waals surface area contributed by atoms with Crippen LogP contribution in [0.2, 0.25) is 0 Å². The molecule has 0 saturated heterocycles. The van der Waals surface area contributed by atoms with E-state index in [1.165, 1.54) is 0 Å². The van der Waals surface area contributed by atoms with Gasteiger partial charge in [0.25, 0.3) is 0 Å². The standard InChI is InChI=1S/C16H17BrN2O/c17-14-6-3-4-12(10-14)11-19-16(20)9-8-13-5-1-2-7-15(13)18/h1-7,10H,8-9,11,18H2,(H,19,20). The zero-order chi connectivity index (χ0) is 14.4. The number of hydrogen-bond acceptors (Lipinski definition) is 2.